The highest BCUT2D eigenvalue weighted by Gasteiger charge is 2.16. The molecular formula is C36H41N5O4S. The quantitative estimate of drug-likeness (QED) is 0.168. The second kappa shape index (κ2) is 13.7. The van der Waals surface area contributed by atoms with Gasteiger partial charge in [0.2, 0.25) is 0 Å². The number of aryl methyl sites for hydroxylation is 2. The van der Waals surface area contributed by atoms with Crippen LogP contribution in [0.5, 0.6) is 5.75 Å². The van der Waals surface area contributed by atoms with Gasteiger partial charge in [0.05, 0.1) is 36.1 Å². The number of methoxy groups -OCH3 is 1. The number of benzene rings is 3. The molecular weight excluding hydrogens is 598 g/mol. The number of nitrogens with one attached hydrogen (secondary N) is 1. The Hall–Kier alpha value is -4.70. The fourth-order valence-corrected chi connectivity index (χ4v) is 6.30. The summed E-state index contributed by atoms with van der Waals surface area (Å²) in [6.07, 6.45) is 3.92. The van der Waals surface area contributed by atoms with Gasteiger partial charge in [0.1, 0.15) is 11.6 Å². The number of sulfonamides is 1. The Kier molecular flexibility index (Phi) is 9.76. The zero-order valence-electron chi connectivity index (χ0n) is 27.0. The molecule has 9 nitrogen and oxygen atoms in total. The molecule has 2 heterocycles. The Balaban J connectivity index is 1.17. The molecule has 0 bridgehead atoms. The van der Waals surface area contributed by atoms with E-state index in [2.05, 4.69) is 66.9 Å². The lowest BCUT2D eigenvalue weighted by molar-refractivity contribution is 0.414. The summed E-state index contributed by atoms with van der Waals surface area (Å²) >= 11 is 0. The van der Waals surface area contributed by atoms with Crippen LogP contribution in [0.15, 0.2) is 101 Å². The van der Waals surface area contributed by atoms with E-state index in [0.29, 0.717) is 30.9 Å². The van der Waals surface area contributed by atoms with Gasteiger partial charge in [0.25, 0.3) is 10.0 Å². The van der Waals surface area contributed by atoms with Crippen molar-refractivity contribution < 1.29 is 13.2 Å². The summed E-state index contributed by atoms with van der Waals surface area (Å²) in [4.78, 5) is 17.7. The summed E-state index contributed by atoms with van der Waals surface area (Å²) in [7, 11) is -2.22. The third-order valence-electron chi connectivity index (χ3n) is 7.97. The van der Waals surface area contributed by atoms with Crippen LogP contribution in [0.3, 0.4) is 0 Å². The monoisotopic (exact) mass is 639 g/mol. The maximum atomic E-state index is 13.1. The zero-order valence-corrected chi connectivity index (χ0v) is 27.8. The Morgan fingerprint density at radius 1 is 0.848 bits per heavy atom. The molecule has 1 N–H and O–H groups in total. The normalized spacial score (nSPS) is 11.8. The van der Waals surface area contributed by atoms with Gasteiger partial charge < -0.3 is 4.74 Å². The molecule has 0 aliphatic heterocycles. The Morgan fingerprint density at radius 2 is 1.52 bits per heavy atom. The standard InChI is InChI=1S/C36H41N5O4S/c1-6-40-34(38-41(35(40)42)25-27-12-16-29(17-13-27)36(2,3)4)9-7-8-26-10-14-28(15-11-26)33-23-18-30(24-37-33)39-46(43,44)32-21-19-31(45-5)20-22-32/h10-24,39H,6-9,25H2,1-5H3. The van der Waals surface area contributed by atoms with Crippen LogP contribution < -0.4 is 15.1 Å². The number of hydrogen-bond acceptors (Lipinski definition) is 6. The van der Waals surface area contributed by atoms with E-state index in [9.17, 15) is 13.2 Å². The fraction of sp³-hybridized carbons (Fsp3) is 0.306. The second-order valence-electron chi connectivity index (χ2n) is 12.3. The third kappa shape index (κ3) is 7.74. The van der Waals surface area contributed by atoms with Crippen LogP contribution in [0.25, 0.3) is 11.3 Å². The van der Waals surface area contributed by atoms with Crippen LogP contribution in [-0.4, -0.2) is 34.9 Å². The lowest BCUT2D eigenvalue weighted by Crippen LogP contribution is -2.25. The number of aromatic nitrogens is 4. The third-order valence-corrected chi connectivity index (χ3v) is 9.37. The Morgan fingerprint density at radius 3 is 2.11 bits per heavy atom. The van der Waals surface area contributed by atoms with Gasteiger partial charge in [-0.3, -0.25) is 14.3 Å². The minimum atomic E-state index is -3.75. The van der Waals surface area contributed by atoms with E-state index in [-0.39, 0.29) is 16.0 Å². The summed E-state index contributed by atoms with van der Waals surface area (Å²) in [5.74, 6) is 1.39. The number of nitrogens with zero attached hydrogens (tertiary/aromatic N) is 4. The van der Waals surface area contributed by atoms with Gasteiger partial charge in [0.15, 0.2) is 0 Å². The van der Waals surface area contributed by atoms with Gasteiger partial charge in [-0.2, -0.15) is 5.10 Å². The molecule has 0 unspecified atom stereocenters. The van der Waals surface area contributed by atoms with Gasteiger partial charge in [-0.1, -0.05) is 69.3 Å². The van der Waals surface area contributed by atoms with Crippen molar-refractivity contribution in [3.63, 3.8) is 0 Å². The summed E-state index contributed by atoms with van der Waals surface area (Å²) < 4.78 is 36.5. The van der Waals surface area contributed by atoms with Crippen LogP contribution in [0.1, 0.15) is 56.6 Å². The maximum Gasteiger partial charge on any atom is 0.346 e. The average Bonchev–Trinajstić information content (AvgIpc) is 3.34. The van der Waals surface area contributed by atoms with E-state index in [1.807, 2.05) is 19.1 Å². The van der Waals surface area contributed by atoms with Gasteiger partial charge in [-0.05, 0) is 78.3 Å². The molecule has 240 valence electrons. The number of hydrogen-bond donors (Lipinski definition) is 1. The molecule has 0 spiro atoms. The zero-order chi connectivity index (χ0) is 32.9. The first kappa shape index (κ1) is 32.7. The Labute approximate surface area is 271 Å². The van der Waals surface area contributed by atoms with Crippen molar-refractivity contribution in [1.29, 1.82) is 0 Å². The largest absolute Gasteiger partial charge is 0.497 e. The van der Waals surface area contributed by atoms with E-state index in [1.54, 1.807) is 33.5 Å². The predicted molar refractivity (Wildman–Crippen MR) is 182 cm³/mol. The van der Waals surface area contributed by atoms with E-state index in [4.69, 9.17) is 9.84 Å². The second-order valence-corrected chi connectivity index (χ2v) is 14.0. The SMILES string of the molecule is CCn1c(CCCc2ccc(-c3ccc(NS(=O)(=O)c4ccc(OC)cc4)cn3)cc2)nn(Cc2ccc(C(C)(C)C)cc2)c1=O. The van der Waals surface area contributed by atoms with Crippen molar-refractivity contribution in [1.82, 2.24) is 19.3 Å². The molecule has 10 heteroatoms. The maximum absolute atomic E-state index is 13.1. The predicted octanol–water partition coefficient (Wildman–Crippen LogP) is 6.46. The van der Waals surface area contributed by atoms with Crippen LogP contribution in [0.2, 0.25) is 0 Å². The lowest BCUT2D eigenvalue weighted by Gasteiger charge is -2.19. The highest BCUT2D eigenvalue weighted by Crippen LogP contribution is 2.24. The molecule has 2 aromatic heterocycles. The molecule has 0 fully saturated rings. The smallest absolute Gasteiger partial charge is 0.346 e. The molecule has 3 aromatic carbocycles. The van der Waals surface area contributed by atoms with Crippen molar-refractivity contribution in [2.75, 3.05) is 11.8 Å². The van der Waals surface area contributed by atoms with Crippen molar-refractivity contribution in [2.45, 2.75) is 70.4 Å². The molecule has 0 radical (unpaired) electrons. The highest BCUT2D eigenvalue weighted by atomic mass is 32.2. The van der Waals surface area contributed by atoms with E-state index in [1.165, 1.54) is 36.6 Å². The van der Waals surface area contributed by atoms with Gasteiger partial charge in [0, 0.05) is 18.5 Å². The molecule has 5 aromatic rings. The van der Waals surface area contributed by atoms with Gasteiger partial charge in [-0.25, -0.2) is 17.9 Å². The lowest BCUT2D eigenvalue weighted by atomic mass is 9.87. The van der Waals surface area contributed by atoms with Crippen LogP contribution in [0.4, 0.5) is 5.69 Å². The number of rotatable bonds is 12. The van der Waals surface area contributed by atoms with Crippen molar-refractivity contribution >= 4 is 15.7 Å². The van der Waals surface area contributed by atoms with Gasteiger partial charge >= 0.3 is 5.69 Å². The fourth-order valence-electron chi connectivity index (χ4n) is 5.26. The molecule has 0 saturated carbocycles. The number of ether oxygens (including phenoxy) is 1. The van der Waals surface area contributed by atoms with Gasteiger partial charge in [-0.15, -0.1) is 0 Å². The van der Waals surface area contributed by atoms with E-state index in [0.717, 1.165) is 35.5 Å². The van der Waals surface area contributed by atoms with Crippen molar-refractivity contribution in [3.8, 4) is 17.0 Å². The Bertz CT molecular complexity index is 1920. The molecule has 46 heavy (non-hydrogen) atoms. The first-order valence-electron chi connectivity index (χ1n) is 15.4. The first-order chi connectivity index (χ1) is 22.0. The van der Waals surface area contributed by atoms with Crippen molar-refractivity contribution in [3.05, 3.63) is 124 Å². The first-order valence-corrected chi connectivity index (χ1v) is 16.9. The molecule has 0 aliphatic carbocycles. The minimum Gasteiger partial charge on any atom is -0.497 e. The molecule has 5 rings (SSSR count). The highest BCUT2D eigenvalue weighted by molar-refractivity contribution is 7.92. The summed E-state index contributed by atoms with van der Waals surface area (Å²) in [6, 6.07) is 26.3. The van der Waals surface area contributed by atoms with Crippen LogP contribution in [-0.2, 0) is 41.4 Å². The number of pyridine rings is 1. The average molecular weight is 640 g/mol. The molecule has 0 saturated heterocycles. The molecule has 0 aliphatic rings. The van der Waals surface area contributed by atoms with Crippen LogP contribution in [0, 0.1) is 0 Å². The van der Waals surface area contributed by atoms with Crippen LogP contribution >= 0.6 is 0 Å². The minimum absolute atomic E-state index is 0.0752. The topological polar surface area (TPSA) is 108 Å². The summed E-state index contributed by atoms with van der Waals surface area (Å²) in [5.41, 5.74) is 5.55. The molecule has 0 amide bonds. The van der Waals surface area contributed by atoms with Crippen molar-refractivity contribution in [2.24, 2.45) is 0 Å². The summed E-state index contributed by atoms with van der Waals surface area (Å²) in [5, 5.41) is 4.70. The van der Waals surface area contributed by atoms with E-state index < -0.39 is 10.0 Å². The molecule has 0 atom stereocenters. The summed E-state index contributed by atoms with van der Waals surface area (Å²) in [6.45, 7) is 9.58. The number of anilines is 1. The van der Waals surface area contributed by atoms with E-state index >= 15 is 0 Å².